The molecule has 1 amide bonds. The van der Waals surface area contributed by atoms with Gasteiger partial charge in [0.15, 0.2) is 17.9 Å². The Balaban J connectivity index is 1.89. The summed E-state index contributed by atoms with van der Waals surface area (Å²) < 4.78 is 37.9. The molecule has 8 atom stereocenters. The van der Waals surface area contributed by atoms with E-state index in [2.05, 4.69) is 12.2 Å². The number of carbonyl (C=O) groups is 1. The molecule has 12 heteroatoms. The lowest BCUT2D eigenvalue weighted by atomic mass is 9.98. The van der Waals surface area contributed by atoms with E-state index in [1.807, 2.05) is 0 Å². The summed E-state index contributed by atoms with van der Waals surface area (Å²) in [5.41, 5.74) is -0.237. The lowest BCUT2D eigenvalue weighted by molar-refractivity contribution is -0.303. The zero-order valence-corrected chi connectivity index (χ0v) is 25.1. The predicted octanol–water partition coefficient (Wildman–Crippen LogP) is 2.69. The number of halogens is 2. The minimum atomic E-state index is -1.72. The number of unbranched alkanes of at least 4 members (excludes halogenated alkanes) is 11. The maximum absolute atomic E-state index is 13.7. The molecule has 1 aromatic carbocycles. The fraction of sp³-hybridized carbons (Fsp3) is 0.774. The molecule has 1 aliphatic rings. The van der Waals surface area contributed by atoms with Crippen LogP contribution in [0.25, 0.3) is 0 Å². The highest BCUT2D eigenvalue weighted by molar-refractivity contribution is 5.94. The average molecular weight is 620 g/mol. The van der Waals surface area contributed by atoms with Gasteiger partial charge in [-0.3, -0.25) is 4.79 Å². The molecule has 1 heterocycles. The van der Waals surface area contributed by atoms with Crippen molar-refractivity contribution >= 4 is 5.91 Å². The van der Waals surface area contributed by atoms with Crippen LogP contribution < -0.4 is 5.32 Å². The second-order valence-corrected chi connectivity index (χ2v) is 11.5. The molecule has 1 saturated heterocycles. The Kier molecular flexibility index (Phi) is 17.7. The third kappa shape index (κ3) is 12.6. The first-order valence-corrected chi connectivity index (χ1v) is 15.6. The van der Waals surface area contributed by atoms with E-state index in [1.165, 1.54) is 44.9 Å². The Morgan fingerprint density at radius 3 is 2.02 bits per heavy atom. The maximum atomic E-state index is 13.7. The smallest absolute Gasteiger partial charge is 0.251 e. The summed E-state index contributed by atoms with van der Waals surface area (Å²) in [4.78, 5) is 12.8. The summed E-state index contributed by atoms with van der Waals surface area (Å²) in [5.74, 6) is -3.26. The minimum absolute atomic E-state index is 0.232. The van der Waals surface area contributed by atoms with Crippen LogP contribution in [0.4, 0.5) is 8.78 Å². The number of benzene rings is 1. The summed E-state index contributed by atoms with van der Waals surface area (Å²) in [6, 6.07) is 1.23. The zero-order chi connectivity index (χ0) is 31.8. The second-order valence-electron chi connectivity index (χ2n) is 11.5. The number of hydrogen-bond acceptors (Lipinski definition) is 9. The fourth-order valence-electron chi connectivity index (χ4n) is 5.15. The van der Waals surface area contributed by atoms with E-state index in [0.29, 0.717) is 12.5 Å². The first-order chi connectivity index (χ1) is 20.6. The molecule has 0 bridgehead atoms. The standard InChI is InChI=1S/C31H51F2NO9/c1-2-3-4-5-6-7-8-9-10-11-12-13-14-24(36)26(37)23(34-30(41)20-15-16-21(32)22(33)17-20)19-42-31-29(40)28(39)27(38)25(18-35)43-31/h15-17,23-29,31,35-40H,2-14,18-19H2,1H3,(H,34,41)/t23-,24+,25?,26-,27?,28?,29?,31?/m0/s1. The number of hydrogen-bond donors (Lipinski definition) is 7. The van der Waals surface area contributed by atoms with Gasteiger partial charge in [-0.2, -0.15) is 0 Å². The van der Waals surface area contributed by atoms with Crippen molar-refractivity contribution in [3.05, 3.63) is 35.4 Å². The van der Waals surface area contributed by atoms with Gasteiger partial charge in [0.2, 0.25) is 0 Å². The van der Waals surface area contributed by atoms with E-state index in [0.717, 1.165) is 37.8 Å². The number of ether oxygens (including phenoxy) is 2. The van der Waals surface area contributed by atoms with Gasteiger partial charge in [-0.05, 0) is 24.6 Å². The summed E-state index contributed by atoms with van der Waals surface area (Å²) in [6.07, 6.45) is 3.22. The van der Waals surface area contributed by atoms with Crippen molar-refractivity contribution < 1.29 is 53.7 Å². The number of carbonyl (C=O) groups excluding carboxylic acids is 1. The predicted molar refractivity (Wildman–Crippen MR) is 155 cm³/mol. The Bertz CT molecular complexity index is 925. The van der Waals surface area contributed by atoms with Crippen LogP contribution in [0.15, 0.2) is 18.2 Å². The van der Waals surface area contributed by atoms with Crippen molar-refractivity contribution in [2.45, 2.75) is 139 Å². The molecule has 1 aromatic rings. The van der Waals surface area contributed by atoms with Crippen molar-refractivity contribution in [2.24, 2.45) is 0 Å². The van der Waals surface area contributed by atoms with Gasteiger partial charge in [0.1, 0.15) is 30.5 Å². The Morgan fingerprint density at radius 1 is 0.884 bits per heavy atom. The van der Waals surface area contributed by atoms with Crippen molar-refractivity contribution in [1.29, 1.82) is 0 Å². The van der Waals surface area contributed by atoms with Crippen LogP contribution in [0.3, 0.4) is 0 Å². The molecule has 7 N–H and O–H groups in total. The van der Waals surface area contributed by atoms with Crippen LogP contribution >= 0.6 is 0 Å². The van der Waals surface area contributed by atoms with Gasteiger partial charge in [-0.25, -0.2) is 8.78 Å². The molecule has 248 valence electrons. The summed E-state index contributed by atoms with van der Waals surface area (Å²) in [7, 11) is 0. The van der Waals surface area contributed by atoms with Crippen molar-refractivity contribution in [3.8, 4) is 0 Å². The van der Waals surface area contributed by atoms with E-state index in [4.69, 9.17) is 9.47 Å². The largest absolute Gasteiger partial charge is 0.394 e. The number of amides is 1. The van der Waals surface area contributed by atoms with Gasteiger partial charge in [-0.1, -0.05) is 84.0 Å². The second kappa shape index (κ2) is 20.3. The van der Waals surface area contributed by atoms with Crippen LogP contribution in [-0.2, 0) is 9.47 Å². The molecule has 43 heavy (non-hydrogen) atoms. The molecule has 0 aromatic heterocycles. The monoisotopic (exact) mass is 619 g/mol. The number of nitrogens with one attached hydrogen (secondary N) is 1. The number of rotatable bonds is 21. The van der Waals surface area contributed by atoms with Crippen LogP contribution in [0, 0.1) is 11.6 Å². The van der Waals surface area contributed by atoms with Gasteiger partial charge >= 0.3 is 0 Å². The molecule has 0 saturated carbocycles. The molecule has 1 fully saturated rings. The lowest BCUT2D eigenvalue weighted by Gasteiger charge is -2.40. The van der Waals surface area contributed by atoms with Crippen LogP contribution in [0.5, 0.6) is 0 Å². The Hall–Kier alpha value is -1.77. The van der Waals surface area contributed by atoms with Gasteiger partial charge in [0, 0.05) is 5.56 Å². The third-order valence-electron chi connectivity index (χ3n) is 7.95. The van der Waals surface area contributed by atoms with Crippen molar-refractivity contribution in [2.75, 3.05) is 13.2 Å². The maximum Gasteiger partial charge on any atom is 0.251 e. The third-order valence-corrected chi connectivity index (χ3v) is 7.95. The molecule has 0 radical (unpaired) electrons. The topological polar surface area (TPSA) is 169 Å². The molecule has 1 aliphatic heterocycles. The normalized spacial score (nSPS) is 24.4. The van der Waals surface area contributed by atoms with Crippen molar-refractivity contribution in [3.63, 3.8) is 0 Å². The Morgan fingerprint density at radius 2 is 1.47 bits per heavy atom. The van der Waals surface area contributed by atoms with Gasteiger partial charge in [-0.15, -0.1) is 0 Å². The first-order valence-electron chi connectivity index (χ1n) is 15.6. The highest BCUT2D eigenvalue weighted by atomic mass is 19.2. The van der Waals surface area contributed by atoms with Crippen LogP contribution in [0.2, 0.25) is 0 Å². The quantitative estimate of drug-likeness (QED) is 0.102. The summed E-state index contributed by atoms with van der Waals surface area (Å²) >= 11 is 0. The molecule has 2 rings (SSSR count). The minimum Gasteiger partial charge on any atom is -0.394 e. The highest BCUT2D eigenvalue weighted by Crippen LogP contribution is 2.23. The van der Waals surface area contributed by atoms with Crippen molar-refractivity contribution in [1.82, 2.24) is 5.32 Å². The summed E-state index contributed by atoms with van der Waals surface area (Å²) in [6.45, 7) is 0.994. The SMILES string of the molecule is CCCCCCCCCCCCCC[C@@H](O)[C@@H](O)[C@H](COC1OC(CO)C(O)C(O)C1O)NC(=O)c1ccc(F)c(F)c1. The number of aliphatic hydroxyl groups is 6. The molecule has 5 unspecified atom stereocenters. The van der Waals surface area contributed by atoms with Crippen LogP contribution in [-0.4, -0.2) is 98.7 Å². The Labute approximate surface area is 253 Å². The molecule has 0 spiro atoms. The van der Waals surface area contributed by atoms with Gasteiger partial charge in [0.05, 0.1) is 25.4 Å². The molecule has 0 aliphatic carbocycles. The summed E-state index contributed by atoms with van der Waals surface area (Å²) in [5, 5.41) is 63.7. The highest BCUT2D eigenvalue weighted by Gasteiger charge is 2.44. The van der Waals surface area contributed by atoms with Gasteiger partial charge < -0.3 is 45.4 Å². The van der Waals surface area contributed by atoms with E-state index >= 15 is 0 Å². The van der Waals surface area contributed by atoms with Crippen LogP contribution in [0.1, 0.15) is 101 Å². The van der Waals surface area contributed by atoms with E-state index in [1.54, 1.807) is 0 Å². The zero-order valence-electron chi connectivity index (χ0n) is 25.1. The molecular formula is C31H51F2NO9. The molecular weight excluding hydrogens is 568 g/mol. The number of aliphatic hydroxyl groups excluding tert-OH is 6. The van der Waals surface area contributed by atoms with E-state index in [9.17, 15) is 44.2 Å². The lowest BCUT2D eigenvalue weighted by Crippen LogP contribution is -2.60. The fourth-order valence-corrected chi connectivity index (χ4v) is 5.15. The van der Waals surface area contributed by atoms with E-state index < -0.39 is 79.7 Å². The molecule has 10 nitrogen and oxygen atoms in total. The van der Waals surface area contributed by atoms with E-state index in [-0.39, 0.29) is 12.0 Å². The average Bonchev–Trinajstić information content (AvgIpc) is 3.00. The van der Waals surface area contributed by atoms with Gasteiger partial charge in [0.25, 0.3) is 5.91 Å². The first kappa shape index (κ1) is 37.4.